The van der Waals surface area contributed by atoms with E-state index in [2.05, 4.69) is 15.8 Å². The van der Waals surface area contributed by atoms with Crippen LogP contribution in [0, 0.1) is 6.92 Å². The van der Waals surface area contributed by atoms with Crippen LogP contribution in [0.4, 0.5) is 0 Å². The number of methoxy groups -OCH3 is 1. The van der Waals surface area contributed by atoms with E-state index in [-0.39, 0.29) is 22.0 Å². The minimum absolute atomic E-state index is 0.0884. The van der Waals surface area contributed by atoms with Crippen molar-refractivity contribution in [2.75, 3.05) is 7.11 Å². The van der Waals surface area contributed by atoms with E-state index in [0.29, 0.717) is 29.7 Å². The van der Waals surface area contributed by atoms with Crippen LogP contribution in [0.3, 0.4) is 0 Å². The highest BCUT2D eigenvalue weighted by Gasteiger charge is 2.25. The lowest BCUT2D eigenvalue weighted by Crippen LogP contribution is -2.42. The second-order valence-corrected chi connectivity index (χ2v) is 6.23. The summed E-state index contributed by atoms with van der Waals surface area (Å²) in [5, 5.41) is 10.0. The molecule has 144 valence electrons. The minimum atomic E-state index is -0.739. The Morgan fingerprint density at radius 2 is 1.89 bits per heavy atom. The summed E-state index contributed by atoms with van der Waals surface area (Å²) in [4.78, 5) is 39.5. The van der Waals surface area contributed by atoms with Gasteiger partial charge in [0.25, 0.3) is 11.8 Å². The minimum Gasteiger partial charge on any atom is -0.507 e. The molecule has 0 saturated carbocycles. The number of hydrazine groups is 1. The molecule has 9 heteroatoms. The second kappa shape index (κ2) is 8.59. The molecule has 1 aromatic carbocycles. The molecule has 4 N–H and O–H groups in total. The van der Waals surface area contributed by atoms with E-state index in [1.165, 1.54) is 25.3 Å². The first kappa shape index (κ1) is 20.3. The van der Waals surface area contributed by atoms with Crippen LogP contribution in [0.15, 0.2) is 18.2 Å². The monoisotopic (exact) mass is 393 g/mol. The van der Waals surface area contributed by atoms with Gasteiger partial charge in [0, 0.05) is 10.7 Å². The standard InChI is InChI=1S/C18H20ClN3O5/c1-4-5-11-14(18(26)27-3)9(2)20-15(11)17(25)22-21-16(24)12-8-10(19)6-7-13(12)23/h6-8,20,23H,4-5H2,1-3H3,(H,21,24)(H,22,25). The van der Waals surface area contributed by atoms with Crippen molar-refractivity contribution in [2.24, 2.45) is 0 Å². The lowest BCUT2D eigenvalue weighted by molar-refractivity contribution is 0.0598. The Morgan fingerprint density at radius 3 is 2.52 bits per heavy atom. The summed E-state index contributed by atoms with van der Waals surface area (Å²) in [5.41, 5.74) is 5.86. The quantitative estimate of drug-likeness (QED) is 0.459. The third-order valence-electron chi connectivity index (χ3n) is 3.90. The first-order valence-electron chi connectivity index (χ1n) is 8.19. The zero-order chi connectivity index (χ0) is 20.1. The van der Waals surface area contributed by atoms with Gasteiger partial charge in [-0.3, -0.25) is 20.4 Å². The number of hydrogen-bond donors (Lipinski definition) is 4. The molecule has 0 fully saturated rings. The molecular formula is C18H20ClN3O5. The molecule has 0 aliphatic rings. The zero-order valence-electron chi connectivity index (χ0n) is 15.1. The number of aromatic amines is 1. The second-order valence-electron chi connectivity index (χ2n) is 5.79. The van der Waals surface area contributed by atoms with E-state index in [1.807, 2.05) is 6.92 Å². The van der Waals surface area contributed by atoms with Gasteiger partial charge in [0.1, 0.15) is 11.4 Å². The van der Waals surface area contributed by atoms with Gasteiger partial charge in [0.2, 0.25) is 0 Å². The van der Waals surface area contributed by atoms with E-state index in [9.17, 15) is 19.5 Å². The highest BCUT2D eigenvalue weighted by molar-refractivity contribution is 6.31. The number of ether oxygens (including phenoxy) is 1. The maximum atomic E-state index is 12.5. The Labute approximate surface area is 160 Å². The predicted molar refractivity (Wildman–Crippen MR) is 98.9 cm³/mol. The molecule has 1 heterocycles. The van der Waals surface area contributed by atoms with Crippen molar-refractivity contribution in [2.45, 2.75) is 26.7 Å². The van der Waals surface area contributed by atoms with Crippen molar-refractivity contribution in [1.29, 1.82) is 0 Å². The van der Waals surface area contributed by atoms with Gasteiger partial charge in [-0.2, -0.15) is 0 Å². The van der Waals surface area contributed by atoms with Crippen LogP contribution in [-0.2, 0) is 11.2 Å². The summed E-state index contributed by atoms with van der Waals surface area (Å²) < 4.78 is 4.78. The molecule has 0 atom stereocenters. The van der Waals surface area contributed by atoms with Gasteiger partial charge < -0.3 is 14.8 Å². The van der Waals surface area contributed by atoms with Gasteiger partial charge in [-0.1, -0.05) is 24.9 Å². The van der Waals surface area contributed by atoms with Gasteiger partial charge in [0.05, 0.1) is 18.2 Å². The summed E-state index contributed by atoms with van der Waals surface area (Å²) in [5.74, 6) is -2.19. The maximum absolute atomic E-state index is 12.5. The van der Waals surface area contributed by atoms with Crippen LogP contribution in [0.1, 0.15) is 55.8 Å². The number of esters is 1. The largest absolute Gasteiger partial charge is 0.507 e. The van der Waals surface area contributed by atoms with Gasteiger partial charge in [0.15, 0.2) is 0 Å². The van der Waals surface area contributed by atoms with E-state index < -0.39 is 17.8 Å². The Bertz CT molecular complexity index is 891. The van der Waals surface area contributed by atoms with Crippen LogP contribution in [-0.4, -0.2) is 35.0 Å². The van der Waals surface area contributed by atoms with Gasteiger partial charge in [-0.05, 0) is 37.1 Å². The number of halogens is 1. The molecule has 1 aromatic heterocycles. The molecule has 0 radical (unpaired) electrons. The molecule has 8 nitrogen and oxygen atoms in total. The summed E-state index contributed by atoms with van der Waals surface area (Å²) in [7, 11) is 1.27. The summed E-state index contributed by atoms with van der Waals surface area (Å²) in [6.45, 7) is 3.57. The fraction of sp³-hybridized carbons (Fsp3) is 0.278. The third kappa shape index (κ3) is 4.40. The normalized spacial score (nSPS) is 10.4. The van der Waals surface area contributed by atoms with Crippen LogP contribution < -0.4 is 10.9 Å². The Hall–Kier alpha value is -3.00. The molecule has 27 heavy (non-hydrogen) atoms. The number of H-pyrrole nitrogens is 1. The fourth-order valence-electron chi connectivity index (χ4n) is 2.68. The van der Waals surface area contributed by atoms with Crippen molar-refractivity contribution in [3.05, 3.63) is 51.3 Å². The van der Waals surface area contributed by atoms with Crippen molar-refractivity contribution in [3.8, 4) is 5.75 Å². The maximum Gasteiger partial charge on any atom is 0.339 e. The van der Waals surface area contributed by atoms with Crippen molar-refractivity contribution < 1.29 is 24.2 Å². The van der Waals surface area contributed by atoms with Gasteiger partial charge >= 0.3 is 5.97 Å². The number of phenols is 1. The third-order valence-corrected chi connectivity index (χ3v) is 4.14. The first-order valence-corrected chi connectivity index (χ1v) is 8.56. The highest BCUT2D eigenvalue weighted by atomic mass is 35.5. The number of benzene rings is 1. The molecule has 2 amide bonds. The number of rotatable bonds is 5. The van der Waals surface area contributed by atoms with Gasteiger partial charge in [-0.15, -0.1) is 0 Å². The van der Waals surface area contributed by atoms with Gasteiger partial charge in [-0.25, -0.2) is 4.79 Å². The lowest BCUT2D eigenvalue weighted by atomic mass is 10.0. The Morgan fingerprint density at radius 1 is 1.22 bits per heavy atom. The van der Waals surface area contributed by atoms with Crippen LogP contribution >= 0.6 is 11.6 Å². The summed E-state index contributed by atoms with van der Waals surface area (Å²) in [6, 6.07) is 3.98. The number of amides is 2. The topological polar surface area (TPSA) is 121 Å². The van der Waals surface area contributed by atoms with E-state index in [1.54, 1.807) is 6.92 Å². The average Bonchev–Trinajstić information content (AvgIpc) is 2.97. The number of aryl methyl sites for hydroxylation is 1. The van der Waals surface area contributed by atoms with E-state index in [4.69, 9.17) is 16.3 Å². The molecule has 0 aliphatic carbocycles. The van der Waals surface area contributed by atoms with Crippen molar-refractivity contribution in [1.82, 2.24) is 15.8 Å². The zero-order valence-corrected chi connectivity index (χ0v) is 15.9. The molecule has 0 bridgehead atoms. The van der Waals surface area contributed by atoms with Crippen LogP contribution in [0.2, 0.25) is 5.02 Å². The van der Waals surface area contributed by atoms with Crippen LogP contribution in [0.25, 0.3) is 0 Å². The number of carbonyl (C=O) groups excluding carboxylic acids is 3. The number of hydrogen-bond acceptors (Lipinski definition) is 5. The summed E-state index contributed by atoms with van der Waals surface area (Å²) in [6.07, 6.45) is 1.17. The summed E-state index contributed by atoms with van der Waals surface area (Å²) >= 11 is 5.81. The van der Waals surface area contributed by atoms with Crippen LogP contribution in [0.5, 0.6) is 5.75 Å². The number of phenolic OH excluding ortho intramolecular Hbond substituents is 1. The number of aromatic hydroxyl groups is 1. The Balaban J connectivity index is 2.22. The lowest BCUT2D eigenvalue weighted by Gasteiger charge is -2.10. The fourth-order valence-corrected chi connectivity index (χ4v) is 2.85. The highest BCUT2D eigenvalue weighted by Crippen LogP contribution is 2.22. The van der Waals surface area contributed by atoms with Crippen molar-refractivity contribution >= 4 is 29.4 Å². The number of aromatic nitrogens is 1. The molecule has 0 spiro atoms. The molecule has 0 saturated heterocycles. The number of nitrogens with one attached hydrogen (secondary N) is 3. The predicted octanol–water partition coefficient (Wildman–Crippen LogP) is 2.50. The van der Waals surface area contributed by atoms with Crippen molar-refractivity contribution in [3.63, 3.8) is 0 Å². The first-order chi connectivity index (χ1) is 12.8. The molecule has 2 aromatic rings. The number of carbonyl (C=O) groups is 3. The average molecular weight is 394 g/mol. The van der Waals surface area contributed by atoms with E-state index in [0.717, 1.165) is 0 Å². The molecule has 2 rings (SSSR count). The van der Waals surface area contributed by atoms with E-state index >= 15 is 0 Å². The molecular weight excluding hydrogens is 374 g/mol. The SMILES string of the molecule is CCCc1c(C(=O)NNC(=O)c2cc(Cl)ccc2O)[nH]c(C)c1C(=O)OC. The molecule has 0 aliphatic heterocycles. The smallest absolute Gasteiger partial charge is 0.339 e. The molecule has 0 unspecified atom stereocenters. The Kier molecular flexibility index (Phi) is 6.46.